The molecule has 0 aliphatic carbocycles. The van der Waals surface area contributed by atoms with Crippen molar-refractivity contribution in [3.63, 3.8) is 0 Å². The molecule has 0 amide bonds. The predicted molar refractivity (Wildman–Crippen MR) is 79.4 cm³/mol. The van der Waals surface area contributed by atoms with Crippen molar-refractivity contribution >= 4 is 22.7 Å². The number of nitrogens with zero attached hydrogens (tertiary/aromatic N) is 1. The van der Waals surface area contributed by atoms with Crippen LogP contribution in [0.5, 0.6) is 5.75 Å². The van der Waals surface area contributed by atoms with Gasteiger partial charge in [0.2, 0.25) is 0 Å². The Hall–Kier alpha value is -2.00. The van der Waals surface area contributed by atoms with Crippen molar-refractivity contribution in [2.45, 2.75) is 10.6 Å². The maximum Gasteiger partial charge on any atom is 0.115 e. The lowest BCUT2D eigenvalue weighted by atomic mass is 10.2. The number of fused-ring (bicyclic) bond motifs is 1. The molecule has 0 unspecified atom stereocenters. The molecule has 1 heterocycles. The highest BCUT2D eigenvalue weighted by Crippen LogP contribution is 2.29. The van der Waals surface area contributed by atoms with Crippen LogP contribution in [0.1, 0.15) is 5.56 Å². The van der Waals surface area contributed by atoms with E-state index < -0.39 is 0 Å². The van der Waals surface area contributed by atoms with Gasteiger partial charge >= 0.3 is 0 Å². The van der Waals surface area contributed by atoms with Crippen LogP contribution in [0.15, 0.2) is 65.7 Å². The lowest BCUT2D eigenvalue weighted by Crippen LogP contribution is -1.84. The summed E-state index contributed by atoms with van der Waals surface area (Å²) in [5.41, 5.74) is 2.24. The van der Waals surface area contributed by atoms with E-state index >= 15 is 0 Å². The van der Waals surface area contributed by atoms with Crippen LogP contribution in [0.4, 0.5) is 0 Å². The van der Waals surface area contributed by atoms with Gasteiger partial charge in [-0.1, -0.05) is 30.3 Å². The number of phenols is 1. The van der Waals surface area contributed by atoms with Crippen molar-refractivity contribution in [2.24, 2.45) is 0 Å². The molecule has 2 nitrogen and oxygen atoms in total. The first-order valence-corrected chi connectivity index (χ1v) is 7.06. The fourth-order valence-corrected chi connectivity index (χ4v) is 2.94. The van der Waals surface area contributed by atoms with Gasteiger partial charge in [0.1, 0.15) is 5.75 Å². The molecule has 0 radical (unpaired) electrons. The molecule has 0 fully saturated rings. The summed E-state index contributed by atoms with van der Waals surface area (Å²) in [6, 6.07) is 17.6. The second kappa shape index (κ2) is 5.33. The second-order valence-corrected chi connectivity index (χ2v) is 5.30. The summed E-state index contributed by atoms with van der Waals surface area (Å²) in [7, 11) is 0. The van der Waals surface area contributed by atoms with Gasteiger partial charge < -0.3 is 5.11 Å². The molecule has 1 aromatic heterocycles. The van der Waals surface area contributed by atoms with Gasteiger partial charge in [-0.2, -0.15) is 0 Å². The molecule has 94 valence electrons. The van der Waals surface area contributed by atoms with Gasteiger partial charge in [0.05, 0.1) is 5.52 Å². The molecular formula is C16H13NOS. The Labute approximate surface area is 116 Å². The van der Waals surface area contributed by atoms with Crippen LogP contribution < -0.4 is 0 Å². The third-order valence-corrected chi connectivity index (χ3v) is 4.04. The Morgan fingerprint density at radius 2 is 1.74 bits per heavy atom. The molecule has 3 aromatic rings. The summed E-state index contributed by atoms with van der Waals surface area (Å²) in [5.74, 6) is 1.18. The minimum Gasteiger partial charge on any atom is -0.508 e. The molecule has 0 spiro atoms. The van der Waals surface area contributed by atoms with Crippen molar-refractivity contribution in [1.29, 1.82) is 0 Å². The van der Waals surface area contributed by atoms with Gasteiger partial charge in [-0.3, -0.25) is 4.98 Å². The van der Waals surface area contributed by atoms with Gasteiger partial charge in [-0.15, -0.1) is 11.8 Å². The number of rotatable bonds is 3. The number of benzene rings is 2. The van der Waals surface area contributed by atoms with Gasteiger partial charge in [0.25, 0.3) is 0 Å². The first-order valence-electron chi connectivity index (χ1n) is 6.07. The quantitative estimate of drug-likeness (QED) is 0.721. The molecular weight excluding hydrogens is 254 g/mol. The Morgan fingerprint density at radius 1 is 0.947 bits per heavy atom. The van der Waals surface area contributed by atoms with Crippen molar-refractivity contribution in [1.82, 2.24) is 4.98 Å². The van der Waals surface area contributed by atoms with Crippen molar-refractivity contribution in [2.75, 3.05) is 0 Å². The molecule has 1 N–H and O–H groups in total. The van der Waals surface area contributed by atoms with Crippen molar-refractivity contribution < 1.29 is 5.11 Å². The summed E-state index contributed by atoms with van der Waals surface area (Å²) in [6.07, 6.45) is 1.83. The van der Waals surface area contributed by atoms with Crippen molar-refractivity contribution in [3.05, 3.63) is 66.4 Å². The highest BCUT2D eigenvalue weighted by molar-refractivity contribution is 7.98. The number of hydrogen-bond donors (Lipinski definition) is 1. The Kier molecular flexibility index (Phi) is 3.38. The van der Waals surface area contributed by atoms with Crippen LogP contribution in [0.3, 0.4) is 0 Å². The monoisotopic (exact) mass is 267 g/mol. The molecule has 3 rings (SSSR count). The van der Waals surface area contributed by atoms with Crippen LogP contribution >= 0.6 is 11.8 Å². The predicted octanol–water partition coefficient (Wildman–Crippen LogP) is 4.23. The maximum atomic E-state index is 9.27. The van der Waals surface area contributed by atoms with E-state index in [1.54, 1.807) is 23.9 Å². The molecule has 19 heavy (non-hydrogen) atoms. The van der Waals surface area contributed by atoms with Crippen molar-refractivity contribution in [3.8, 4) is 5.75 Å². The number of hydrogen-bond acceptors (Lipinski definition) is 3. The third kappa shape index (κ3) is 2.71. The molecule has 0 bridgehead atoms. The van der Waals surface area contributed by atoms with E-state index in [9.17, 15) is 5.11 Å². The Morgan fingerprint density at radius 3 is 2.58 bits per heavy atom. The highest BCUT2D eigenvalue weighted by atomic mass is 32.2. The van der Waals surface area contributed by atoms with E-state index in [1.807, 2.05) is 24.4 Å². The van der Waals surface area contributed by atoms with Crippen LogP contribution in [-0.2, 0) is 5.75 Å². The summed E-state index contributed by atoms with van der Waals surface area (Å²) in [5, 5.41) is 10.4. The number of thioether (sulfide) groups is 1. The van der Waals surface area contributed by atoms with Gasteiger partial charge in [0, 0.05) is 22.2 Å². The number of para-hydroxylation sites is 1. The minimum absolute atomic E-state index is 0.306. The van der Waals surface area contributed by atoms with E-state index in [4.69, 9.17) is 0 Å². The summed E-state index contributed by atoms with van der Waals surface area (Å²) in [6.45, 7) is 0. The van der Waals surface area contributed by atoms with E-state index in [0.717, 1.165) is 11.3 Å². The van der Waals surface area contributed by atoms with Gasteiger partial charge in [-0.25, -0.2) is 0 Å². The fourth-order valence-electron chi connectivity index (χ4n) is 1.95. The normalized spacial score (nSPS) is 10.7. The zero-order valence-electron chi connectivity index (χ0n) is 10.3. The third-order valence-electron chi connectivity index (χ3n) is 2.93. The second-order valence-electron chi connectivity index (χ2n) is 4.29. The Bertz CT molecular complexity index is 689. The first kappa shape index (κ1) is 12.1. The van der Waals surface area contributed by atoms with E-state index in [2.05, 4.69) is 29.2 Å². The molecule has 0 saturated carbocycles. The average molecular weight is 267 g/mol. The van der Waals surface area contributed by atoms with Crippen LogP contribution in [0.25, 0.3) is 10.9 Å². The van der Waals surface area contributed by atoms with Gasteiger partial charge in [0.15, 0.2) is 0 Å². The topological polar surface area (TPSA) is 33.1 Å². The molecule has 3 heteroatoms. The lowest BCUT2D eigenvalue weighted by Gasteiger charge is -2.05. The molecule has 2 aromatic carbocycles. The summed E-state index contributed by atoms with van der Waals surface area (Å²) in [4.78, 5) is 5.63. The molecule has 0 atom stereocenters. The number of phenolic OH excluding ortho intramolecular Hbond substituents is 1. The van der Waals surface area contributed by atoms with E-state index in [0.29, 0.717) is 5.75 Å². The average Bonchev–Trinajstić information content (AvgIpc) is 2.47. The van der Waals surface area contributed by atoms with Crippen LogP contribution in [0, 0.1) is 0 Å². The molecule has 0 saturated heterocycles. The summed E-state index contributed by atoms with van der Waals surface area (Å²) >= 11 is 1.76. The Balaban J connectivity index is 1.84. The van der Waals surface area contributed by atoms with Gasteiger partial charge in [-0.05, 0) is 29.8 Å². The minimum atomic E-state index is 0.306. The van der Waals surface area contributed by atoms with E-state index in [1.165, 1.54) is 15.8 Å². The lowest BCUT2D eigenvalue weighted by molar-refractivity contribution is 0.475. The highest BCUT2D eigenvalue weighted by Gasteiger charge is 2.03. The van der Waals surface area contributed by atoms with E-state index in [-0.39, 0.29) is 0 Å². The zero-order valence-corrected chi connectivity index (χ0v) is 11.1. The largest absolute Gasteiger partial charge is 0.508 e. The zero-order chi connectivity index (χ0) is 13.1. The number of pyridine rings is 1. The smallest absolute Gasteiger partial charge is 0.115 e. The van der Waals surface area contributed by atoms with Crippen LogP contribution in [-0.4, -0.2) is 10.1 Å². The fraction of sp³-hybridized carbons (Fsp3) is 0.0625. The number of aromatic nitrogens is 1. The van der Waals surface area contributed by atoms with Crippen LogP contribution in [0.2, 0.25) is 0 Å². The summed E-state index contributed by atoms with van der Waals surface area (Å²) < 4.78 is 0. The number of aromatic hydroxyl groups is 1. The standard InChI is InChI=1S/C16H13NOS/c18-14-8-6-12(7-9-14)11-19-15-5-1-3-13-4-2-10-17-16(13)15/h1-10,18H,11H2. The SMILES string of the molecule is Oc1ccc(CSc2cccc3cccnc23)cc1. The molecule has 0 aliphatic rings. The maximum absolute atomic E-state index is 9.27. The first-order chi connectivity index (χ1) is 9.33. The molecule has 0 aliphatic heterocycles.